The average molecular weight is 481 g/mol. The van der Waals surface area contributed by atoms with E-state index < -0.39 is 23.5 Å². The van der Waals surface area contributed by atoms with E-state index in [9.17, 15) is 14.7 Å². The molecule has 0 radical (unpaired) electrons. The summed E-state index contributed by atoms with van der Waals surface area (Å²) >= 11 is 14.8. The largest absolute Gasteiger partial charge is 0.503 e. The van der Waals surface area contributed by atoms with E-state index in [0.29, 0.717) is 31.2 Å². The van der Waals surface area contributed by atoms with Gasteiger partial charge in [-0.1, -0.05) is 40.6 Å². The Morgan fingerprint density at radius 1 is 1.13 bits per heavy atom. The van der Waals surface area contributed by atoms with E-state index in [1.165, 1.54) is 33.6 Å². The average Bonchev–Trinajstić information content (AvgIpc) is 3.32. The predicted molar refractivity (Wildman–Crippen MR) is 117 cm³/mol. The van der Waals surface area contributed by atoms with Crippen molar-refractivity contribution in [3.8, 4) is 0 Å². The van der Waals surface area contributed by atoms with Crippen LogP contribution in [0.1, 0.15) is 37.0 Å². The molecule has 0 saturated carbocycles. The number of nitrogens with zero attached hydrogens (tertiary/aromatic N) is 4. The zero-order valence-corrected chi connectivity index (χ0v) is 19.1. The van der Waals surface area contributed by atoms with Gasteiger partial charge in [-0.05, 0) is 38.5 Å². The molecule has 2 aromatic heterocycles. The highest BCUT2D eigenvalue weighted by atomic mass is 35.5. The third kappa shape index (κ3) is 3.41. The summed E-state index contributed by atoms with van der Waals surface area (Å²) < 4.78 is 0. The molecule has 1 aromatic carbocycles. The number of amides is 1. The van der Waals surface area contributed by atoms with Crippen LogP contribution in [-0.4, -0.2) is 32.0 Å². The van der Waals surface area contributed by atoms with Crippen LogP contribution in [0.15, 0.2) is 29.5 Å². The minimum absolute atomic E-state index is 0.0798. The normalized spacial score (nSPS) is 16.6. The lowest BCUT2D eigenvalue weighted by Crippen LogP contribution is -2.31. The van der Waals surface area contributed by atoms with Crippen LogP contribution < -0.4 is 4.90 Å². The lowest BCUT2D eigenvalue weighted by atomic mass is 9.95. The van der Waals surface area contributed by atoms with Gasteiger partial charge >= 0.3 is 0 Å². The van der Waals surface area contributed by atoms with E-state index in [-0.39, 0.29) is 15.7 Å². The van der Waals surface area contributed by atoms with E-state index >= 15 is 0 Å². The molecule has 3 heterocycles. The van der Waals surface area contributed by atoms with Crippen LogP contribution in [0.2, 0.25) is 10.0 Å². The fourth-order valence-electron chi connectivity index (χ4n) is 3.30. The summed E-state index contributed by atoms with van der Waals surface area (Å²) in [6.07, 6.45) is 0. The molecule has 1 aliphatic rings. The van der Waals surface area contributed by atoms with Crippen LogP contribution in [0.5, 0.6) is 0 Å². The zero-order chi connectivity index (χ0) is 21.7. The highest BCUT2D eigenvalue weighted by Gasteiger charge is 2.47. The Morgan fingerprint density at radius 3 is 2.43 bits per heavy atom. The predicted octanol–water partition coefficient (Wildman–Crippen LogP) is 5.01. The van der Waals surface area contributed by atoms with Gasteiger partial charge in [0.1, 0.15) is 5.01 Å². The number of aliphatic hydroxyl groups excluding tert-OH is 1. The number of rotatable bonds is 4. The second kappa shape index (κ2) is 7.73. The standard InChI is InChI=1S/C19H14Cl2N4O3S2/c1-7-17(29-8(2)22-7)15(26)13-14(11-5-4-10(20)6-12(11)21)25(18(28)16(13)27)19-24-23-9(3)30-19/h4-6,14,27H,1-3H3. The van der Waals surface area contributed by atoms with Gasteiger partial charge in [-0.3, -0.25) is 14.5 Å². The van der Waals surface area contributed by atoms with Gasteiger partial charge in [0.05, 0.1) is 27.2 Å². The van der Waals surface area contributed by atoms with Gasteiger partial charge in [0, 0.05) is 10.0 Å². The summed E-state index contributed by atoms with van der Waals surface area (Å²) in [4.78, 5) is 32.4. The summed E-state index contributed by atoms with van der Waals surface area (Å²) in [7, 11) is 0. The van der Waals surface area contributed by atoms with Gasteiger partial charge in [-0.2, -0.15) is 0 Å². The van der Waals surface area contributed by atoms with Gasteiger partial charge in [-0.25, -0.2) is 4.98 Å². The number of aliphatic hydroxyl groups is 1. The number of carbonyl (C=O) groups excluding carboxylic acids is 2. The molecule has 1 aliphatic heterocycles. The van der Waals surface area contributed by atoms with Crippen LogP contribution in [0.25, 0.3) is 0 Å². The van der Waals surface area contributed by atoms with E-state index in [4.69, 9.17) is 23.2 Å². The topological polar surface area (TPSA) is 96.3 Å². The van der Waals surface area contributed by atoms with Crippen molar-refractivity contribution in [3.63, 3.8) is 0 Å². The number of anilines is 1. The first-order chi connectivity index (χ1) is 14.2. The zero-order valence-electron chi connectivity index (χ0n) is 15.9. The van der Waals surface area contributed by atoms with Crippen molar-refractivity contribution in [1.29, 1.82) is 0 Å². The molecule has 0 fully saturated rings. The molecule has 154 valence electrons. The number of thiazole rings is 1. The fraction of sp³-hybridized carbons (Fsp3) is 0.211. The number of benzene rings is 1. The molecule has 30 heavy (non-hydrogen) atoms. The first kappa shape index (κ1) is 20.9. The summed E-state index contributed by atoms with van der Waals surface area (Å²) in [5, 5.41) is 21.0. The van der Waals surface area contributed by atoms with E-state index in [1.807, 2.05) is 0 Å². The first-order valence-electron chi connectivity index (χ1n) is 8.69. The third-order valence-electron chi connectivity index (χ3n) is 4.54. The highest BCUT2D eigenvalue weighted by molar-refractivity contribution is 7.15. The molecule has 0 saturated heterocycles. The van der Waals surface area contributed by atoms with Crippen molar-refractivity contribution in [2.45, 2.75) is 26.8 Å². The van der Waals surface area contributed by atoms with Gasteiger partial charge in [-0.15, -0.1) is 21.5 Å². The van der Waals surface area contributed by atoms with Crippen molar-refractivity contribution in [1.82, 2.24) is 15.2 Å². The Bertz CT molecular complexity index is 1230. The highest BCUT2D eigenvalue weighted by Crippen LogP contribution is 2.45. The number of halogens is 2. The van der Waals surface area contributed by atoms with Crippen molar-refractivity contribution in [3.05, 3.63) is 65.7 Å². The summed E-state index contributed by atoms with van der Waals surface area (Å²) in [6, 6.07) is 3.77. The SMILES string of the molecule is Cc1nnc(N2C(=O)C(O)=C(C(=O)c3sc(C)nc3C)C2c2ccc(Cl)cc2Cl)s1. The second-order valence-corrected chi connectivity index (χ2v) is 9.79. The minimum Gasteiger partial charge on any atom is -0.503 e. The number of carbonyl (C=O) groups is 2. The van der Waals surface area contributed by atoms with E-state index in [2.05, 4.69) is 15.2 Å². The number of ketones is 1. The number of Topliss-reactive ketones (excluding diaryl/α,β-unsaturated/α-hetero) is 1. The molecule has 1 N–H and O–H groups in total. The van der Waals surface area contributed by atoms with Gasteiger partial charge in [0.15, 0.2) is 5.76 Å². The van der Waals surface area contributed by atoms with Crippen LogP contribution in [-0.2, 0) is 4.79 Å². The van der Waals surface area contributed by atoms with Crippen LogP contribution in [0, 0.1) is 20.8 Å². The molecule has 7 nitrogen and oxygen atoms in total. The quantitative estimate of drug-likeness (QED) is 0.527. The number of hydrogen-bond donors (Lipinski definition) is 1. The molecule has 11 heteroatoms. The molecular formula is C19H14Cl2N4O3S2. The maximum atomic E-state index is 13.5. The van der Waals surface area contributed by atoms with Crippen molar-refractivity contribution >= 4 is 62.7 Å². The van der Waals surface area contributed by atoms with Crippen molar-refractivity contribution in [2.75, 3.05) is 4.90 Å². The first-order valence-corrected chi connectivity index (χ1v) is 11.1. The molecule has 1 unspecified atom stereocenters. The van der Waals surface area contributed by atoms with Crippen LogP contribution in [0.4, 0.5) is 5.13 Å². The molecule has 1 atom stereocenters. The maximum absolute atomic E-state index is 13.5. The number of hydrogen-bond acceptors (Lipinski definition) is 8. The Balaban J connectivity index is 1.93. The number of aryl methyl sites for hydroxylation is 3. The Hall–Kier alpha value is -2.33. The Kier molecular flexibility index (Phi) is 5.39. The molecule has 0 bridgehead atoms. The van der Waals surface area contributed by atoms with Crippen LogP contribution >= 0.6 is 45.9 Å². The third-order valence-corrected chi connectivity index (χ3v) is 7.01. The maximum Gasteiger partial charge on any atom is 0.296 e. The monoisotopic (exact) mass is 480 g/mol. The van der Waals surface area contributed by atoms with Crippen molar-refractivity contribution in [2.24, 2.45) is 0 Å². The van der Waals surface area contributed by atoms with Crippen LogP contribution in [0.3, 0.4) is 0 Å². The van der Waals surface area contributed by atoms with E-state index in [0.717, 1.165) is 0 Å². The molecular weight excluding hydrogens is 467 g/mol. The smallest absolute Gasteiger partial charge is 0.296 e. The summed E-state index contributed by atoms with van der Waals surface area (Å²) in [5.74, 6) is -1.87. The molecule has 3 aromatic rings. The van der Waals surface area contributed by atoms with Gasteiger partial charge < -0.3 is 5.11 Å². The molecule has 0 spiro atoms. The lowest BCUT2D eigenvalue weighted by molar-refractivity contribution is -0.117. The molecule has 0 aliphatic carbocycles. The molecule has 1 amide bonds. The van der Waals surface area contributed by atoms with Gasteiger partial charge in [0.2, 0.25) is 10.9 Å². The second-order valence-electron chi connectivity index (χ2n) is 6.59. The fourth-order valence-corrected chi connectivity index (χ4v) is 5.40. The van der Waals surface area contributed by atoms with Crippen molar-refractivity contribution < 1.29 is 14.7 Å². The van der Waals surface area contributed by atoms with E-state index in [1.54, 1.807) is 32.9 Å². The lowest BCUT2D eigenvalue weighted by Gasteiger charge is -2.24. The molecule has 4 rings (SSSR count). The summed E-state index contributed by atoms with van der Waals surface area (Å²) in [5.41, 5.74) is 0.888. The Morgan fingerprint density at radius 2 is 1.87 bits per heavy atom. The summed E-state index contributed by atoms with van der Waals surface area (Å²) in [6.45, 7) is 5.24. The number of aromatic nitrogens is 3. The Labute approximate surface area is 189 Å². The van der Waals surface area contributed by atoms with Gasteiger partial charge in [0.25, 0.3) is 5.91 Å². The minimum atomic E-state index is -0.982.